The highest BCUT2D eigenvalue weighted by atomic mass is 33.1. The van der Waals surface area contributed by atoms with Crippen molar-refractivity contribution in [3.05, 3.63) is 0 Å². The zero-order valence-corrected chi connectivity index (χ0v) is 46.1. The Hall–Kier alpha value is -1.00. The molecule has 0 atom stereocenters. The minimum Gasteiger partial charge on any atom is -0.379 e. The summed E-state index contributed by atoms with van der Waals surface area (Å²) in [5, 5.41) is 5.22. The van der Waals surface area contributed by atoms with Gasteiger partial charge in [0.15, 0.2) is 0 Å². The van der Waals surface area contributed by atoms with Crippen molar-refractivity contribution in [3.8, 4) is 0 Å². The lowest BCUT2D eigenvalue weighted by atomic mass is 10.1. The summed E-state index contributed by atoms with van der Waals surface area (Å²) in [6.07, 6.45) is 23.7. The molecule has 0 saturated heterocycles. The van der Waals surface area contributed by atoms with Gasteiger partial charge in [0.1, 0.15) is 13.2 Å². The van der Waals surface area contributed by atoms with E-state index in [9.17, 15) is 9.59 Å². The SMILES string of the molecule is NOCC(=O)NCCOCCOCCOCCOCCOCCOCCCCCCCCCCCSSCCCCCCCCCCCOCCOCCOCCOCCOCCOCCNC(=O)CON. The Kier molecular flexibility index (Phi) is 65.2. The van der Waals surface area contributed by atoms with Gasteiger partial charge in [-0.05, 0) is 25.7 Å². The van der Waals surface area contributed by atoms with E-state index in [4.69, 9.17) is 68.6 Å². The van der Waals surface area contributed by atoms with Gasteiger partial charge in [0.25, 0.3) is 0 Å². The number of rotatable bonds is 65. The van der Waals surface area contributed by atoms with Gasteiger partial charge in [-0.3, -0.25) is 19.3 Å². The summed E-state index contributed by atoms with van der Waals surface area (Å²) in [7, 11) is 4.15. The van der Waals surface area contributed by atoms with Gasteiger partial charge in [0.2, 0.25) is 11.8 Å². The normalized spacial score (nSPS) is 11.5. The second-order valence-corrected chi connectivity index (χ2v) is 19.4. The molecule has 0 bridgehead atoms. The van der Waals surface area contributed by atoms with Gasteiger partial charge in [-0.25, -0.2) is 11.8 Å². The maximum absolute atomic E-state index is 11.1. The van der Waals surface area contributed by atoms with E-state index in [0.717, 1.165) is 26.1 Å². The minimum atomic E-state index is -0.277. The molecule has 22 heteroatoms. The fraction of sp³-hybridized carbons (Fsp3) is 0.960. The minimum absolute atomic E-state index is 0.163. The van der Waals surface area contributed by atoms with E-state index in [-0.39, 0.29) is 25.0 Å². The molecule has 0 aromatic rings. The van der Waals surface area contributed by atoms with Crippen LogP contribution in [0.25, 0.3) is 0 Å². The molecule has 0 spiro atoms. The van der Waals surface area contributed by atoms with Crippen LogP contribution in [0.1, 0.15) is 116 Å². The molecule has 0 aromatic carbocycles. The van der Waals surface area contributed by atoms with Gasteiger partial charge < -0.3 is 67.5 Å². The van der Waals surface area contributed by atoms with E-state index >= 15 is 0 Å². The Morgan fingerprint density at radius 1 is 0.264 bits per heavy atom. The van der Waals surface area contributed by atoms with Crippen molar-refractivity contribution < 1.29 is 76.1 Å². The molecule has 20 nitrogen and oxygen atoms in total. The molecule has 0 aliphatic carbocycles. The molecule has 0 fully saturated rings. The van der Waals surface area contributed by atoms with Gasteiger partial charge >= 0.3 is 0 Å². The van der Waals surface area contributed by atoms with Crippen molar-refractivity contribution in [2.75, 3.05) is 196 Å². The number of hydrogen-bond acceptors (Lipinski definition) is 20. The van der Waals surface area contributed by atoms with Crippen LogP contribution in [-0.2, 0) is 76.1 Å². The number of nitrogens with one attached hydrogen (secondary N) is 2. The van der Waals surface area contributed by atoms with E-state index in [1.54, 1.807) is 0 Å². The number of amides is 2. The van der Waals surface area contributed by atoms with Gasteiger partial charge in [-0.1, -0.05) is 111 Å². The molecule has 0 aliphatic rings. The summed E-state index contributed by atoms with van der Waals surface area (Å²) in [6, 6.07) is 0. The molecule has 0 unspecified atom stereocenters. The largest absolute Gasteiger partial charge is 0.379 e. The Labute approximate surface area is 442 Å². The number of nitrogens with two attached hydrogens (primary N) is 2. The fourth-order valence-electron chi connectivity index (χ4n) is 6.50. The summed E-state index contributed by atoms with van der Waals surface area (Å²) in [6.45, 7) is 13.3. The first kappa shape index (κ1) is 71.0. The Bertz CT molecular complexity index is 983. The number of carbonyl (C=O) groups is 2. The lowest BCUT2D eigenvalue weighted by molar-refractivity contribution is -0.126. The average Bonchev–Trinajstić information content (AvgIpc) is 3.38. The van der Waals surface area contributed by atoms with Crippen LogP contribution in [0.15, 0.2) is 0 Å². The van der Waals surface area contributed by atoms with E-state index in [1.165, 1.54) is 114 Å². The molecule has 430 valence electrons. The van der Waals surface area contributed by atoms with Crippen molar-refractivity contribution >= 4 is 33.4 Å². The van der Waals surface area contributed by atoms with Crippen molar-refractivity contribution in [1.82, 2.24) is 10.6 Å². The third-order valence-corrected chi connectivity index (χ3v) is 13.0. The average molecular weight is 1080 g/mol. The van der Waals surface area contributed by atoms with Crippen molar-refractivity contribution in [2.24, 2.45) is 11.8 Å². The predicted molar refractivity (Wildman–Crippen MR) is 284 cm³/mol. The predicted octanol–water partition coefficient (Wildman–Crippen LogP) is 5.60. The Morgan fingerprint density at radius 2 is 0.458 bits per heavy atom. The van der Waals surface area contributed by atoms with Crippen LogP contribution in [0.2, 0.25) is 0 Å². The highest BCUT2D eigenvalue weighted by Crippen LogP contribution is 2.25. The standard InChI is InChI=1S/C50H102N4O16S2/c51-69-47-49(55)53-19-23-59-27-31-63-35-39-67-43-41-65-37-33-61-29-25-57-21-15-11-7-3-1-5-9-13-17-45-71-72-46-18-14-10-6-2-4-8-12-16-22-58-26-30-62-34-38-66-42-44-68-40-36-64-32-28-60-24-20-54-50(56)48-70-52/h1-48,51-52H2,(H,53,55)(H,54,56). The molecule has 72 heavy (non-hydrogen) atoms. The molecule has 0 rings (SSSR count). The quantitative estimate of drug-likeness (QED) is 0.0329. The van der Waals surface area contributed by atoms with Crippen molar-refractivity contribution in [1.29, 1.82) is 0 Å². The molecule has 2 amide bonds. The van der Waals surface area contributed by atoms with Crippen LogP contribution in [0, 0.1) is 0 Å². The molecular formula is C50H102N4O16S2. The van der Waals surface area contributed by atoms with Crippen molar-refractivity contribution in [3.63, 3.8) is 0 Å². The van der Waals surface area contributed by atoms with E-state index in [1.807, 2.05) is 0 Å². The van der Waals surface area contributed by atoms with Gasteiger partial charge in [-0.2, -0.15) is 0 Å². The number of ether oxygens (including phenoxy) is 12. The molecular weight excluding hydrogens is 977 g/mol. The lowest BCUT2D eigenvalue weighted by Gasteiger charge is -2.08. The second-order valence-electron chi connectivity index (χ2n) is 16.7. The van der Waals surface area contributed by atoms with Gasteiger partial charge in [0.05, 0.1) is 145 Å². The zero-order valence-electron chi connectivity index (χ0n) is 44.4. The van der Waals surface area contributed by atoms with E-state index in [0.29, 0.717) is 158 Å². The summed E-state index contributed by atoms with van der Waals surface area (Å²) < 4.78 is 66.2. The number of hydrogen-bond donors (Lipinski definition) is 4. The van der Waals surface area contributed by atoms with Crippen LogP contribution >= 0.6 is 21.6 Å². The monoisotopic (exact) mass is 1080 g/mol. The molecule has 0 saturated carbocycles. The van der Waals surface area contributed by atoms with Crippen LogP contribution in [0.4, 0.5) is 0 Å². The second kappa shape index (κ2) is 66.1. The van der Waals surface area contributed by atoms with Gasteiger partial charge in [0, 0.05) is 37.8 Å². The fourth-order valence-corrected chi connectivity index (χ4v) is 8.80. The van der Waals surface area contributed by atoms with Crippen LogP contribution in [0.3, 0.4) is 0 Å². The first-order valence-electron chi connectivity index (χ1n) is 27.0. The van der Waals surface area contributed by atoms with E-state index < -0.39 is 0 Å². The third kappa shape index (κ3) is 65.1. The number of unbranched alkanes of at least 4 members (excludes halogenated alkanes) is 16. The maximum Gasteiger partial charge on any atom is 0.248 e. The third-order valence-electron chi connectivity index (χ3n) is 10.4. The topological polar surface area (TPSA) is 239 Å². The zero-order chi connectivity index (χ0) is 51.8. The molecule has 0 aromatic heterocycles. The first-order valence-corrected chi connectivity index (χ1v) is 29.5. The van der Waals surface area contributed by atoms with Crippen molar-refractivity contribution in [2.45, 2.75) is 116 Å². The summed E-state index contributed by atoms with van der Waals surface area (Å²) in [5.74, 6) is 11.7. The van der Waals surface area contributed by atoms with E-state index in [2.05, 4.69) is 41.9 Å². The van der Waals surface area contributed by atoms with Crippen LogP contribution in [-0.4, -0.2) is 208 Å². The maximum atomic E-state index is 11.1. The van der Waals surface area contributed by atoms with Crippen LogP contribution < -0.4 is 22.4 Å². The van der Waals surface area contributed by atoms with Gasteiger partial charge in [-0.15, -0.1) is 0 Å². The molecule has 0 aliphatic heterocycles. The summed E-state index contributed by atoms with van der Waals surface area (Å²) in [4.78, 5) is 30.8. The molecule has 0 heterocycles. The highest BCUT2D eigenvalue weighted by Gasteiger charge is 2.02. The molecule has 6 N–H and O–H groups in total. The molecule has 0 radical (unpaired) electrons. The lowest BCUT2D eigenvalue weighted by Crippen LogP contribution is -2.31. The number of carbonyl (C=O) groups excluding carboxylic acids is 2. The smallest absolute Gasteiger partial charge is 0.248 e. The Balaban J connectivity index is 3.09. The summed E-state index contributed by atoms with van der Waals surface area (Å²) >= 11 is 0. The Morgan fingerprint density at radius 3 is 0.694 bits per heavy atom. The highest BCUT2D eigenvalue weighted by molar-refractivity contribution is 8.76. The first-order chi connectivity index (χ1) is 35.7. The van der Waals surface area contributed by atoms with Crippen LogP contribution in [0.5, 0.6) is 0 Å². The summed E-state index contributed by atoms with van der Waals surface area (Å²) in [5.41, 5.74) is 0.